The fourth-order valence-corrected chi connectivity index (χ4v) is 3.17. The third kappa shape index (κ3) is 5.08. The maximum Gasteiger partial charge on any atom is 0.253 e. The second-order valence-electron chi connectivity index (χ2n) is 6.52. The summed E-state index contributed by atoms with van der Waals surface area (Å²) in [6, 6.07) is 17.0. The van der Waals surface area contributed by atoms with Gasteiger partial charge in [-0.25, -0.2) is 0 Å². The van der Waals surface area contributed by atoms with Crippen molar-refractivity contribution in [2.75, 3.05) is 39.8 Å². The molecular weight excluding hydrogens is 342 g/mol. The van der Waals surface area contributed by atoms with Crippen LogP contribution < -0.4 is 10.1 Å². The highest BCUT2D eigenvalue weighted by atomic mass is 16.5. The molecule has 1 aliphatic rings. The highest BCUT2D eigenvalue weighted by Gasteiger charge is 2.23. The Morgan fingerprint density at radius 2 is 1.63 bits per heavy atom. The number of ether oxygens (including phenoxy) is 1. The van der Waals surface area contributed by atoms with Crippen molar-refractivity contribution in [3.63, 3.8) is 0 Å². The van der Waals surface area contributed by atoms with Crippen molar-refractivity contribution in [3.8, 4) is 5.75 Å². The normalized spacial score (nSPS) is 14.6. The SMILES string of the molecule is COc1ccccc1CNC(=O)CN1CCN(C(=O)c2ccccc2)CC1. The first-order chi connectivity index (χ1) is 13.2. The number of rotatable bonds is 6. The molecule has 0 spiro atoms. The second-order valence-corrected chi connectivity index (χ2v) is 6.52. The predicted octanol–water partition coefficient (Wildman–Crippen LogP) is 1.77. The first kappa shape index (κ1) is 18.9. The Kier molecular flexibility index (Phi) is 6.44. The molecule has 1 saturated heterocycles. The number of carbonyl (C=O) groups excluding carboxylic acids is 2. The molecule has 3 rings (SSSR count). The summed E-state index contributed by atoms with van der Waals surface area (Å²) in [6.45, 7) is 3.43. The van der Waals surface area contributed by atoms with Crippen LogP contribution in [0.2, 0.25) is 0 Å². The molecule has 0 aliphatic carbocycles. The van der Waals surface area contributed by atoms with Crippen molar-refractivity contribution >= 4 is 11.8 Å². The maximum atomic E-state index is 12.5. The van der Waals surface area contributed by atoms with Crippen LogP contribution in [0, 0.1) is 0 Å². The topological polar surface area (TPSA) is 61.9 Å². The van der Waals surface area contributed by atoms with Crippen LogP contribution in [0.4, 0.5) is 0 Å². The summed E-state index contributed by atoms with van der Waals surface area (Å²) >= 11 is 0. The highest BCUT2D eigenvalue weighted by molar-refractivity contribution is 5.94. The quantitative estimate of drug-likeness (QED) is 0.845. The van der Waals surface area contributed by atoms with E-state index in [9.17, 15) is 9.59 Å². The summed E-state index contributed by atoms with van der Waals surface area (Å²) in [5, 5.41) is 2.94. The lowest BCUT2D eigenvalue weighted by molar-refractivity contribution is -0.122. The predicted molar refractivity (Wildman–Crippen MR) is 104 cm³/mol. The Hall–Kier alpha value is -2.86. The number of carbonyl (C=O) groups is 2. The molecular formula is C21H25N3O3. The van der Waals surface area contributed by atoms with Gasteiger partial charge in [0.2, 0.25) is 5.91 Å². The standard InChI is InChI=1S/C21H25N3O3/c1-27-19-10-6-5-9-18(19)15-22-20(25)16-23-11-13-24(14-12-23)21(26)17-7-3-2-4-8-17/h2-10H,11-16H2,1H3,(H,22,25). The Morgan fingerprint density at radius 1 is 0.963 bits per heavy atom. The minimum Gasteiger partial charge on any atom is -0.496 e. The van der Waals surface area contributed by atoms with Crippen LogP contribution >= 0.6 is 0 Å². The van der Waals surface area contributed by atoms with Gasteiger partial charge in [-0.2, -0.15) is 0 Å². The first-order valence-corrected chi connectivity index (χ1v) is 9.12. The lowest BCUT2D eigenvalue weighted by atomic mass is 10.2. The van der Waals surface area contributed by atoms with Gasteiger partial charge < -0.3 is 15.0 Å². The van der Waals surface area contributed by atoms with Crippen LogP contribution in [0.5, 0.6) is 5.75 Å². The minimum absolute atomic E-state index is 0.0243. The number of methoxy groups -OCH3 is 1. The zero-order chi connectivity index (χ0) is 19.1. The van der Waals surface area contributed by atoms with Gasteiger partial charge in [0.05, 0.1) is 13.7 Å². The molecule has 1 fully saturated rings. The Balaban J connectivity index is 1.43. The number of nitrogens with one attached hydrogen (secondary N) is 1. The second kappa shape index (κ2) is 9.19. The Bertz CT molecular complexity index is 771. The van der Waals surface area contributed by atoms with Crippen LogP contribution in [0.3, 0.4) is 0 Å². The van der Waals surface area contributed by atoms with Crippen LogP contribution in [0.1, 0.15) is 15.9 Å². The van der Waals surface area contributed by atoms with Gasteiger partial charge in [0.25, 0.3) is 5.91 Å². The summed E-state index contributed by atoms with van der Waals surface area (Å²) in [5.41, 5.74) is 1.66. The zero-order valence-electron chi connectivity index (χ0n) is 15.6. The van der Waals surface area contributed by atoms with E-state index in [2.05, 4.69) is 10.2 Å². The average molecular weight is 367 g/mol. The Morgan fingerprint density at radius 3 is 2.33 bits per heavy atom. The van der Waals surface area contributed by atoms with Crippen LogP contribution in [-0.4, -0.2) is 61.4 Å². The molecule has 27 heavy (non-hydrogen) atoms. The molecule has 142 valence electrons. The van der Waals surface area contributed by atoms with E-state index in [0.29, 0.717) is 44.8 Å². The molecule has 0 saturated carbocycles. The molecule has 2 aromatic carbocycles. The number of hydrogen-bond donors (Lipinski definition) is 1. The molecule has 0 aromatic heterocycles. The van der Waals surface area contributed by atoms with Gasteiger partial charge in [0.15, 0.2) is 0 Å². The molecule has 2 aromatic rings. The van der Waals surface area contributed by atoms with E-state index in [-0.39, 0.29) is 11.8 Å². The van der Waals surface area contributed by atoms with E-state index in [4.69, 9.17) is 4.74 Å². The van der Waals surface area contributed by atoms with E-state index < -0.39 is 0 Å². The summed E-state index contributed by atoms with van der Waals surface area (Å²) in [5.74, 6) is 0.797. The summed E-state index contributed by atoms with van der Waals surface area (Å²) in [4.78, 5) is 28.6. The number of benzene rings is 2. The summed E-state index contributed by atoms with van der Waals surface area (Å²) < 4.78 is 5.30. The third-order valence-corrected chi connectivity index (χ3v) is 4.72. The summed E-state index contributed by atoms with van der Waals surface area (Å²) in [6.07, 6.45) is 0. The molecule has 1 heterocycles. The molecule has 0 bridgehead atoms. The Labute approximate surface area is 159 Å². The van der Waals surface area contributed by atoms with Crippen molar-refractivity contribution < 1.29 is 14.3 Å². The van der Waals surface area contributed by atoms with E-state index in [1.807, 2.05) is 59.5 Å². The van der Waals surface area contributed by atoms with Gasteiger partial charge in [-0.3, -0.25) is 14.5 Å². The molecule has 0 unspecified atom stereocenters. The van der Waals surface area contributed by atoms with Crippen molar-refractivity contribution in [2.45, 2.75) is 6.54 Å². The van der Waals surface area contributed by atoms with Gasteiger partial charge in [0.1, 0.15) is 5.75 Å². The van der Waals surface area contributed by atoms with Gasteiger partial charge in [0, 0.05) is 43.9 Å². The molecule has 1 aliphatic heterocycles. The van der Waals surface area contributed by atoms with Gasteiger partial charge >= 0.3 is 0 Å². The van der Waals surface area contributed by atoms with Gasteiger partial charge in [-0.1, -0.05) is 36.4 Å². The van der Waals surface area contributed by atoms with E-state index in [0.717, 1.165) is 11.3 Å². The molecule has 2 amide bonds. The number of hydrogen-bond acceptors (Lipinski definition) is 4. The molecule has 0 radical (unpaired) electrons. The number of para-hydroxylation sites is 1. The smallest absolute Gasteiger partial charge is 0.253 e. The molecule has 1 N–H and O–H groups in total. The molecule has 0 atom stereocenters. The van der Waals surface area contributed by atoms with Gasteiger partial charge in [-0.05, 0) is 18.2 Å². The van der Waals surface area contributed by atoms with E-state index in [1.165, 1.54) is 0 Å². The monoisotopic (exact) mass is 367 g/mol. The van der Waals surface area contributed by atoms with Crippen LogP contribution in [0.25, 0.3) is 0 Å². The zero-order valence-corrected chi connectivity index (χ0v) is 15.6. The molecule has 6 heteroatoms. The fraction of sp³-hybridized carbons (Fsp3) is 0.333. The first-order valence-electron chi connectivity index (χ1n) is 9.12. The summed E-state index contributed by atoms with van der Waals surface area (Å²) in [7, 11) is 1.62. The number of piperazine rings is 1. The number of nitrogens with zero attached hydrogens (tertiary/aromatic N) is 2. The largest absolute Gasteiger partial charge is 0.496 e. The van der Waals surface area contributed by atoms with Crippen molar-refractivity contribution in [1.29, 1.82) is 0 Å². The van der Waals surface area contributed by atoms with Crippen molar-refractivity contribution in [1.82, 2.24) is 15.1 Å². The van der Waals surface area contributed by atoms with Crippen LogP contribution in [-0.2, 0) is 11.3 Å². The highest BCUT2D eigenvalue weighted by Crippen LogP contribution is 2.16. The van der Waals surface area contributed by atoms with E-state index in [1.54, 1.807) is 7.11 Å². The molecule has 6 nitrogen and oxygen atoms in total. The lowest BCUT2D eigenvalue weighted by Gasteiger charge is -2.34. The minimum atomic E-state index is -0.0243. The van der Waals surface area contributed by atoms with E-state index >= 15 is 0 Å². The van der Waals surface area contributed by atoms with Crippen molar-refractivity contribution in [3.05, 3.63) is 65.7 Å². The fourth-order valence-electron chi connectivity index (χ4n) is 3.17. The lowest BCUT2D eigenvalue weighted by Crippen LogP contribution is -2.51. The third-order valence-electron chi connectivity index (χ3n) is 4.72. The average Bonchev–Trinajstić information content (AvgIpc) is 2.73. The number of amides is 2. The van der Waals surface area contributed by atoms with Crippen molar-refractivity contribution in [2.24, 2.45) is 0 Å². The van der Waals surface area contributed by atoms with Crippen LogP contribution in [0.15, 0.2) is 54.6 Å². The maximum absolute atomic E-state index is 12.5. The van der Waals surface area contributed by atoms with Gasteiger partial charge in [-0.15, -0.1) is 0 Å².